The highest BCUT2D eigenvalue weighted by molar-refractivity contribution is 6.17. The molecule has 38 heavy (non-hydrogen) atoms. The molecule has 0 saturated carbocycles. The smallest absolute Gasteiger partial charge is 0.148 e. The highest BCUT2D eigenvalue weighted by Crippen LogP contribution is 2.53. The minimum Gasteiger partial charge on any atom is -0.358 e. The molecule has 1 aliphatic heterocycles. The lowest BCUT2D eigenvalue weighted by Gasteiger charge is -2.30. The molecule has 1 unspecified atom stereocenters. The molecule has 0 radical (unpaired) electrons. The number of hydrogen-bond acceptors (Lipinski definition) is 2. The molecule has 1 aromatic heterocycles. The van der Waals surface area contributed by atoms with Crippen molar-refractivity contribution in [1.29, 1.82) is 0 Å². The summed E-state index contributed by atoms with van der Waals surface area (Å²) < 4.78 is 2.50. The van der Waals surface area contributed by atoms with Gasteiger partial charge in [0.15, 0.2) is 0 Å². The Morgan fingerprint density at radius 1 is 0.684 bits per heavy atom. The van der Waals surface area contributed by atoms with Crippen molar-refractivity contribution in [2.24, 2.45) is 4.99 Å². The highest BCUT2D eigenvalue weighted by atomic mass is 15.2. The Kier molecular flexibility index (Phi) is 4.34. The molecule has 0 bridgehead atoms. The van der Waals surface area contributed by atoms with Crippen LogP contribution in [-0.4, -0.2) is 10.3 Å². The van der Waals surface area contributed by atoms with Crippen molar-refractivity contribution in [3.8, 4) is 11.1 Å². The SMILES string of the molecule is CC1(C)c2ccccc2-c2c1ccc1c3ccccc3n(C3Nc4ccccc4N=C3c3ccccc3)c21. The topological polar surface area (TPSA) is 29.3 Å². The predicted molar refractivity (Wildman–Crippen MR) is 159 cm³/mol. The van der Waals surface area contributed by atoms with E-state index in [2.05, 4.69) is 139 Å². The Bertz CT molecular complexity index is 1920. The van der Waals surface area contributed by atoms with E-state index in [-0.39, 0.29) is 11.6 Å². The first-order valence-electron chi connectivity index (χ1n) is 13.3. The van der Waals surface area contributed by atoms with Crippen LogP contribution in [0.2, 0.25) is 0 Å². The molecular weight excluding hydrogens is 462 g/mol. The number of benzene rings is 5. The molecule has 0 saturated heterocycles. The molecule has 0 amide bonds. The fraction of sp³-hybridized carbons (Fsp3) is 0.114. The quantitative estimate of drug-likeness (QED) is 0.259. The molecular formula is C35H27N3. The molecule has 182 valence electrons. The number of rotatable bonds is 2. The zero-order valence-corrected chi connectivity index (χ0v) is 21.4. The van der Waals surface area contributed by atoms with Crippen LogP contribution in [0, 0.1) is 0 Å². The third kappa shape index (κ3) is 2.82. The van der Waals surface area contributed by atoms with Gasteiger partial charge in [0.25, 0.3) is 0 Å². The van der Waals surface area contributed by atoms with Crippen LogP contribution >= 0.6 is 0 Å². The van der Waals surface area contributed by atoms with Crippen molar-refractivity contribution in [3.63, 3.8) is 0 Å². The molecule has 2 heterocycles. The van der Waals surface area contributed by atoms with Gasteiger partial charge in [-0.3, -0.25) is 0 Å². The number of fused-ring (bicyclic) bond motifs is 8. The van der Waals surface area contributed by atoms with Crippen LogP contribution in [0.25, 0.3) is 32.9 Å². The average Bonchev–Trinajstić information content (AvgIpc) is 3.42. The van der Waals surface area contributed by atoms with Gasteiger partial charge in [-0.05, 0) is 34.9 Å². The Morgan fingerprint density at radius 3 is 2.32 bits per heavy atom. The monoisotopic (exact) mass is 489 g/mol. The number of para-hydroxylation sites is 3. The fourth-order valence-corrected chi connectivity index (χ4v) is 6.66. The van der Waals surface area contributed by atoms with Gasteiger partial charge in [-0.1, -0.05) is 111 Å². The fourth-order valence-electron chi connectivity index (χ4n) is 6.66. The summed E-state index contributed by atoms with van der Waals surface area (Å²) in [6.45, 7) is 4.70. The largest absolute Gasteiger partial charge is 0.358 e. The lowest BCUT2D eigenvalue weighted by Crippen LogP contribution is -2.30. The minimum atomic E-state index is -0.169. The van der Waals surface area contributed by atoms with E-state index in [0.29, 0.717) is 0 Å². The summed E-state index contributed by atoms with van der Waals surface area (Å²) in [7, 11) is 0. The van der Waals surface area contributed by atoms with Crippen LogP contribution in [0.4, 0.5) is 11.4 Å². The molecule has 3 heteroatoms. The maximum absolute atomic E-state index is 5.27. The zero-order valence-electron chi connectivity index (χ0n) is 21.4. The first kappa shape index (κ1) is 21.5. The summed E-state index contributed by atoms with van der Waals surface area (Å²) in [4.78, 5) is 5.27. The molecule has 0 spiro atoms. The van der Waals surface area contributed by atoms with E-state index < -0.39 is 0 Å². The highest BCUT2D eigenvalue weighted by Gasteiger charge is 2.38. The van der Waals surface area contributed by atoms with Gasteiger partial charge in [-0.15, -0.1) is 0 Å². The van der Waals surface area contributed by atoms with E-state index in [1.54, 1.807) is 0 Å². The van der Waals surface area contributed by atoms with E-state index in [1.165, 1.54) is 44.1 Å². The summed E-state index contributed by atoms with van der Waals surface area (Å²) >= 11 is 0. The number of aromatic nitrogens is 1. The maximum Gasteiger partial charge on any atom is 0.148 e. The lowest BCUT2D eigenvalue weighted by molar-refractivity contribution is 0.660. The van der Waals surface area contributed by atoms with Gasteiger partial charge in [0, 0.05) is 27.3 Å². The number of anilines is 1. The van der Waals surface area contributed by atoms with E-state index >= 15 is 0 Å². The number of nitrogens with zero attached hydrogens (tertiary/aromatic N) is 2. The summed E-state index contributed by atoms with van der Waals surface area (Å²) in [5, 5.41) is 6.44. The standard InChI is InChI=1S/C35H27N3/c1-35(2)26-16-8-6-15-25(26)31-27(35)21-20-24-23-14-7-11-19-30(23)38(33(24)31)34-32(22-12-4-3-5-13-22)36-28-17-9-10-18-29(28)37-34/h3-21,34,37H,1-2H3. The summed E-state index contributed by atoms with van der Waals surface area (Å²) in [6.07, 6.45) is -0.169. The van der Waals surface area contributed by atoms with Gasteiger partial charge < -0.3 is 9.88 Å². The van der Waals surface area contributed by atoms with Crippen molar-refractivity contribution in [2.75, 3.05) is 5.32 Å². The number of hydrogen-bond donors (Lipinski definition) is 1. The van der Waals surface area contributed by atoms with Gasteiger partial charge in [0.1, 0.15) is 6.17 Å². The van der Waals surface area contributed by atoms with Crippen LogP contribution in [0.15, 0.2) is 120 Å². The van der Waals surface area contributed by atoms with Crippen LogP contribution in [0.1, 0.15) is 36.7 Å². The maximum atomic E-state index is 5.27. The van der Waals surface area contributed by atoms with Gasteiger partial charge >= 0.3 is 0 Å². The first-order chi connectivity index (χ1) is 18.6. The van der Waals surface area contributed by atoms with Crippen LogP contribution in [-0.2, 0) is 5.41 Å². The summed E-state index contributed by atoms with van der Waals surface area (Å²) in [5.41, 5.74) is 12.0. The summed E-state index contributed by atoms with van der Waals surface area (Å²) in [5.74, 6) is 0. The van der Waals surface area contributed by atoms with Crippen molar-refractivity contribution in [1.82, 2.24) is 4.57 Å². The van der Waals surface area contributed by atoms with Crippen LogP contribution < -0.4 is 5.32 Å². The molecule has 6 aromatic rings. The average molecular weight is 490 g/mol. The van der Waals surface area contributed by atoms with E-state index in [4.69, 9.17) is 4.99 Å². The molecule has 2 aliphatic rings. The molecule has 8 rings (SSSR count). The molecule has 1 N–H and O–H groups in total. The number of aliphatic imine (C=N–C) groups is 1. The van der Waals surface area contributed by atoms with E-state index in [9.17, 15) is 0 Å². The van der Waals surface area contributed by atoms with Crippen molar-refractivity contribution in [2.45, 2.75) is 25.4 Å². The van der Waals surface area contributed by atoms with Crippen molar-refractivity contribution >= 4 is 38.9 Å². The third-order valence-electron chi connectivity index (χ3n) is 8.44. The first-order valence-corrected chi connectivity index (χ1v) is 13.3. The van der Waals surface area contributed by atoms with Crippen molar-refractivity contribution in [3.05, 3.63) is 132 Å². The minimum absolute atomic E-state index is 0.0651. The van der Waals surface area contributed by atoms with E-state index in [1.807, 2.05) is 0 Å². The Hall–Kier alpha value is -4.63. The van der Waals surface area contributed by atoms with Crippen LogP contribution in [0.5, 0.6) is 0 Å². The van der Waals surface area contributed by atoms with Gasteiger partial charge in [0.05, 0.1) is 28.1 Å². The second-order valence-electron chi connectivity index (χ2n) is 10.9. The Morgan fingerprint density at radius 2 is 1.42 bits per heavy atom. The number of nitrogens with one attached hydrogen (secondary N) is 1. The van der Waals surface area contributed by atoms with Crippen LogP contribution in [0.3, 0.4) is 0 Å². The Labute approximate surface area is 222 Å². The van der Waals surface area contributed by atoms with Gasteiger partial charge in [-0.2, -0.15) is 0 Å². The third-order valence-corrected chi connectivity index (χ3v) is 8.44. The lowest BCUT2D eigenvalue weighted by atomic mass is 9.82. The normalized spacial score (nSPS) is 17.0. The molecule has 5 aromatic carbocycles. The van der Waals surface area contributed by atoms with Gasteiger partial charge in [-0.25, -0.2) is 4.99 Å². The molecule has 1 aliphatic carbocycles. The zero-order chi connectivity index (χ0) is 25.4. The second kappa shape index (κ2) is 7.69. The molecule has 1 atom stereocenters. The Balaban J connectivity index is 1.51. The van der Waals surface area contributed by atoms with E-state index in [0.717, 1.165) is 22.6 Å². The van der Waals surface area contributed by atoms with Gasteiger partial charge in [0.2, 0.25) is 0 Å². The summed E-state index contributed by atoms with van der Waals surface area (Å²) in [6, 6.07) is 41.3. The molecule has 3 nitrogen and oxygen atoms in total. The predicted octanol–water partition coefficient (Wildman–Crippen LogP) is 8.85. The second-order valence-corrected chi connectivity index (χ2v) is 10.9. The van der Waals surface area contributed by atoms with Crippen molar-refractivity contribution < 1.29 is 0 Å². The molecule has 0 fully saturated rings.